The molecule has 0 bridgehead atoms. The number of nitrogens with zero attached hydrogens (tertiary/aromatic N) is 2. The van der Waals surface area contributed by atoms with Crippen LogP contribution < -0.4 is 10.1 Å². The van der Waals surface area contributed by atoms with Crippen molar-refractivity contribution in [3.63, 3.8) is 0 Å². The number of aromatic nitrogens is 2. The number of ether oxygens (including phenoxy) is 1. The molecule has 2 N–H and O–H groups in total. The van der Waals surface area contributed by atoms with E-state index in [-0.39, 0.29) is 18.9 Å². The van der Waals surface area contributed by atoms with Crippen molar-refractivity contribution in [1.82, 2.24) is 9.97 Å². The van der Waals surface area contributed by atoms with E-state index in [4.69, 9.17) is 4.74 Å². The maximum Gasteiger partial charge on any atom is 0.162 e. The van der Waals surface area contributed by atoms with Crippen molar-refractivity contribution in [1.29, 1.82) is 0 Å². The second-order valence-electron chi connectivity index (χ2n) is 6.17. The Bertz CT molecular complexity index is 755. The molecule has 0 fully saturated rings. The van der Waals surface area contributed by atoms with Gasteiger partial charge >= 0.3 is 0 Å². The fraction of sp³-hybridized carbons (Fsp3) is 0.444. The van der Waals surface area contributed by atoms with Crippen molar-refractivity contribution in [3.8, 4) is 5.75 Å². The third kappa shape index (κ3) is 4.42. The molecule has 0 spiro atoms. The van der Waals surface area contributed by atoms with Crippen LogP contribution in [0.5, 0.6) is 5.75 Å². The van der Waals surface area contributed by atoms with Gasteiger partial charge in [-0.3, -0.25) is 0 Å². The number of anilines is 1. The van der Waals surface area contributed by atoms with Crippen molar-refractivity contribution in [3.05, 3.63) is 46.9 Å². The van der Waals surface area contributed by atoms with Crippen molar-refractivity contribution >= 4 is 5.82 Å². The van der Waals surface area contributed by atoms with Crippen LogP contribution >= 0.6 is 0 Å². The van der Waals surface area contributed by atoms with Gasteiger partial charge in [0, 0.05) is 23.9 Å². The minimum absolute atomic E-state index is 0.0374. The first kappa shape index (κ1) is 17.5. The summed E-state index contributed by atoms with van der Waals surface area (Å²) in [5.41, 5.74) is 2.19. The Balaban J connectivity index is 1.56. The number of halogens is 2. The first-order valence-corrected chi connectivity index (χ1v) is 8.39. The first-order valence-electron chi connectivity index (χ1n) is 8.39. The molecule has 0 saturated heterocycles. The highest BCUT2D eigenvalue weighted by Crippen LogP contribution is 2.25. The molecule has 0 aliphatic heterocycles. The van der Waals surface area contributed by atoms with Gasteiger partial charge in [0.05, 0.1) is 0 Å². The summed E-state index contributed by atoms with van der Waals surface area (Å²) in [6, 6.07) is 3.27. The molecule has 1 aromatic heterocycles. The zero-order chi connectivity index (χ0) is 17.8. The van der Waals surface area contributed by atoms with Crippen LogP contribution in [0.25, 0.3) is 0 Å². The van der Waals surface area contributed by atoms with Crippen molar-refractivity contribution < 1.29 is 18.6 Å². The van der Waals surface area contributed by atoms with Gasteiger partial charge < -0.3 is 15.2 Å². The molecule has 1 aliphatic carbocycles. The highest BCUT2D eigenvalue weighted by molar-refractivity contribution is 5.47. The summed E-state index contributed by atoms with van der Waals surface area (Å²) in [5.74, 6) is -0.273. The predicted molar refractivity (Wildman–Crippen MR) is 89.8 cm³/mol. The molecule has 1 heterocycles. The molecule has 134 valence electrons. The van der Waals surface area contributed by atoms with Gasteiger partial charge in [0.1, 0.15) is 30.1 Å². The van der Waals surface area contributed by atoms with Crippen molar-refractivity contribution in [2.75, 3.05) is 18.5 Å². The molecule has 5 nitrogen and oxygen atoms in total. The zero-order valence-electron chi connectivity index (χ0n) is 14.1. The number of aryl methyl sites for hydroxylation is 2. The molecule has 25 heavy (non-hydrogen) atoms. The third-order valence-electron chi connectivity index (χ3n) is 4.13. The standard InChI is InChI=1S/C18H21F2N3O2/c1-11-22-17-5-3-2-4-14(17)18(23-11)21-9-12(24)10-25-13-6-7-15(19)16(20)8-13/h6-8,12,24H,2-5,9-10H2,1H3,(H,21,22,23). The van der Waals surface area contributed by atoms with E-state index in [1.165, 1.54) is 6.07 Å². The van der Waals surface area contributed by atoms with E-state index in [0.717, 1.165) is 54.9 Å². The summed E-state index contributed by atoms with van der Waals surface area (Å²) < 4.78 is 31.3. The lowest BCUT2D eigenvalue weighted by atomic mass is 9.96. The normalized spacial score (nSPS) is 14.7. The Hall–Kier alpha value is -2.28. The minimum atomic E-state index is -0.979. The van der Waals surface area contributed by atoms with Gasteiger partial charge in [-0.15, -0.1) is 0 Å². The molecule has 0 amide bonds. The fourth-order valence-electron chi connectivity index (χ4n) is 2.90. The number of hydrogen-bond donors (Lipinski definition) is 2. The smallest absolute Gasteiger partial charge is 0.162 e. The second-order valence-corrected chi connectivity index (χ2v) is 6.17. The van der Waals surface area contributed by atoms with Gasteiger partial charge in [-0.05, 0) is 44.7 Å². The van der Waals surface area contributed by atoms with Crippen LogP contribution in [0.4, 0.5) is 14.6 Å². The summed E-state index contributed by atoms with van der Waals surface area (Å²) in [6.45, 7) is 2.06. The highest BCUT2D eigenvalue weighted by atomic mass is 19.2. The van der Waals surface area contributed by atoms with Crippen molar-refractivity contribution in [2.45, 2.75) is 38.7 Å². The molecule has 7 heteroatoms. The van der Waals surface area contributed by atoms with Gasteiger partial charge in [-0.1, -0.05) is 0 Å². The molecular formula is C18H21F2N3O2. The number of rotatable bonds is 6. The summed E-state index contributed by atoms with van der Waals surface area (Å²) in [7, 11) is 0. The summed E-state index contributed by atoms with van der Waals surface area (Å²) in [4.78, 5) is 8.92. The number of aliphatic hydroxyl groups is 1. The van der Waals surface area contributed by atoms with Crippen molar-refractivity contribution in [2.24, 2.45) is 0 Å². The molecule has 1 unspecified atom stereocenters. The highest BCUT2D eigenvalue weighted by Gasteiger charge is 2.17. The van der Waals surface area contributed by atoms with Gasteiger partial charge in [-0.25, -0.2) is 18.7 Å². The summed E-state index contributed by atoms with van der Waals surface area (Å²) >= 11 is 0. The molecule has 1 aromatic carbocycles. The Morgan fingerprint density at radius 2 is 2.00 bits per heavy atom. The zero-order valence-corrected chi connectivity index (χ0v) is 14.1. The quantitative estimate of drug-likeness (QED) is 0.839. The van der Waals surface area contributed by atoms with Gasteiger partial charge in [0.25, 0.3) is 0 Å². The molecule has 0 radical (unpaired) electrons. The van der Waals surface area contributed by atoms with Crippen LogP contribution in [0, 0.1) is 18.6 Å². The van der Waals surface area contributed by atoms with Crippen LogP contribution in [0.1, 0.15) is 29.9 Å². The van der Waals surface area contributed by atoms with Gasteiger partial charge in [0.2, 0.25) is 0 Å². The topological polar surface area (TPSA) is 67.3 Å². The van der Waals surface area contributed by atoms with E-state index < -0.39 is 17.7 Å². The van der Waals surface area contributed by atoms with Crippen LogP contribution in [0.2, 0.25) is 0 Å². The lowest BCUT2D eigenvalue weighted by molar-refractivity contribution is 0.117. The summed E-state index contributed by atoms with van der Waals surface area (Å²) in [5, 5.41) is 13.2. The minimum Gasteiger partial charge on any atom is -0.491 e. The predicted octanol–water partition coefficient (Wildman–Crippen LogP) is 2.79. The Labute approximate surface area is 145 Å². The molecular weight excluding hydrogens is 328 g/mol. The molecule has 3 rings (SSSR count). The Morgan fingerprint density at radius 3 is 2.80 bits per heavy atom. The summed E-state index contributed by atoms with van der Waals surface area (Å²) in [6.07, 6.45) is 3.31. The maximum atomic E-state index is 13.1. The largest absolute Gasteiger partial charge is 0.491 e. The molecule has 0 saturated carbocycles. The van der Waals surface area contributed by atoms with Gasteiger partial charge in [-0.2, -0.15) is 0 Å². The van der Waals surface area contributed by atoms with E-state index in [1.54, 1.807) is 0 Å². The van der Waals surface area contributed by atoms with E-state index in [0.29, 0.717) is 5.82 Å². The first-order chi connectivity index (χ1) is 12.0. The number of nitrogens with one attached hydrogen (secondary N) is 1. The average Bonchev–Trinajstić information content (AvgIpc) is 2.60. The molecule has 1 aliphatic rings. The number of benzene rings is 1. The lowest BCUT2D eigenvalue weighted by Crippen LogP contribution is -2.27. The Morgan fingerprint density at radius 1 is 1.20 bits per heavy atom. The molecule has 2 aromatic rings. The van der Waals surface area contributed by atoms with Crippen LogP contribution in [0.15, 0.2) is 18.2 Å². The average molecular weight is 349 g/mol. The third-order valence-corrected chi connectivity index (χ3v) is 4.13. The Kier molecular flexibility index (Phi) is 5.43. The SMILES string of the molecule is Cc1nc2c(c(NCC(O)COc3ccc(F)c(F)c3)n1)CCCC2. The van der Waals surface area contributed by atoms with Crippen LogP contribution in [0.3, 0.4) is 0 Å². The number of fused-ring (bicyclic) bond motifs is 1. The van der Waals surface area contributed by atoms with Crippen LogP contribution in [-0.2, 0) is 12.8 Å². The van der Waals surface area contributed by atoms with E-state index in [1.807, 2.05) is 6.92 Å². The maximum absolute atomic E-state index is 13.1. The molecule has 1 atom stereocenters. The number of aliphatic hydroxyl groups excluding tert-OH is 1. The van der Waals surface area contributed by atoms with Gasteiger partial charge in [0.15, 0.2) is 11.6 Å². The van der Waals surface area contributed by atoms with Crippen LogP contribution in [-0.4, -0.2) is 34.3 Å². The number of hydrogen-bond acceptors (Lipinski definition) is 5. The monoisotopic (exact) mass is 349 g/mol. The van der Waals surface area contributed by atoms with E-state index in [2.05, 4.69) is 15.3 Å². The van der Waals surface area contributed by atoms with E-state index >= 15 is 0 Å². The van der Waals surface area contributed by atoms with E-state index in [9.17, 15) is 13.9 Å². The second kappa shape index (κ2) is 7.74. The fourth-order valence-corrected chi connectivity index (χ4v) is 2.90. The lowest BCUT2D eigenvalue weighted by Gasteiger charge is -2.20.